The van der Waals surface area contributed by atoms with Gasteiger partial charge in [0.05, 0.1) is 6.07 Å². The number of rotatable bonds is 5. The minimum Gasteiger partial charge on any atom is -0.363 e. The first-order chi connectivity index (χ1) is 11.3. The van der Waals surface area contributed by atoms with Gasteiger partial charge in [-0.1, -0.05) is 0 Å². The Labute approximate surface area is 145 Å². The van der Waals surface area contributed by atoms with E-state index in [2.05, 4.69) is 23.2 Å². The van der Waals surface area contributed by atoms with Crippen molar-refractivity contribution in [2.75, 3.05) is 32.1 Å². The predicted molar refractivity (Wildman–Crippen MR) is 95.6 cm³/mol. The number of piperidine rings is 1. The summed E-state index contributed by atoms with van der Waals surface area (Å²) in [6.07, 6.45) is 6.11. The number of hydrogen-bond acceptors (Lipinski definition) is 4. The second-order valence-corrected chi connectivity index (χ2v) is 7.43. The second-order valence-electron chi connectivity index (χ2n) is 7.43. The van der Waals surface area contributed by atoms with Gasteiger partial charge in [0, 0.05) is 33.4 Å². The second kappa shape index (κ2) is 7.65. The monoisotopic (exact) mass is 328 g/mol. The molecule has 0 spiro atoms. The van der Waals surface area contributed by atoms with Crippen molar-refractivity contribution in [2.24, 2.45) is 11.3 Å². The Hall–Kier alpha value is -2.09. The van der Waals surface area contributed by atoms with Crippen LogP contribution in [0.1, 0.15) is 38.7 Å². The van der Waals surface area contributed by atoms with Crippen LogP contribution in [0.25, 0.3) is 0 Å². The van der Waals surface area contributed by atoms with Gasteiger partial charge >= 0.3 is 0 Å². The number of amides is 1. The van der Waals surface area contributed by atoms with Crippen molar-refractivity contribution in [2.45, 2.75) is 39.5 Å². The van der Waals surface area contributed by atoms with Gasteiger partial charge in [-0.05, 0) is 63.1 Å². The number of pyridine rings is 1. The lowest BCUT2D eigenvalue weighted by molar-refractivity contribution is -0.139. The van der Waals surface area contributed by atoms with E-state index >= 15 is 0 Å². The van der Waals surface area contributed by atoms with Crippen LogP contribution in [0.2, 0.25) is 0 Å². The molecule has 0 atom stereocenters. The van der Waals surface area contributed by atoms with Gasteiger partial charge in [-0.15, -0.1) is 0 Å². The Morgan fingerprint density at radius 2 is 2.08 bits per heavy atom. The summed E-state index contributed by atoms with van der Waals surface area (Å²) in [5.41, 5.74) is 0.407. The molecule has 1 saturated heterocycles. The summed E-state index contributed by atoms with van der Waals surface area (Å²) in [7, 11) is 4.00. The van der Waals surface area contributed by atoms with Crippen LogP contribution >= 0.6 is 0 Å². The van der Waals surface area contributed by atoms with E-state index in [0.717, 1.165) is 44.6 Å². The molecule has 0 bridgehead atoms. The first-order valence-corrected chi connectivity index (χ1v) is 8.66. The summed E-state index contributed by atoms with van der Waals surface area (Å²) in [6, 6.07) is 6.34. The lowest BCUT2D eigenvalue weighted by Crippen LogP contribution is -2.44. The Bertz CT molecular complexity index is 610. The minimum absolute atomic E-state index is 0.0341. The van der Waals surface area contributed by atoms with Gasteiger partial charge in [0.1, 0.15) is 11.2 Å². The van der Waals surface area contributed by atoms with Gasteiger partial charge in [0.25, 0.3) is 0 Å². The molecule has 0 aromatic carbocycles. The Balaban J connectivity index is 1.83. The molecule has 0 radical (unpaired) electrons. The van der Waals surface area contributed by atoms with Crippen LogP contribution in [0.15, 0.2) is 18.3 Å². The molecule has 1 aromatic heterocycles. The van der Waals surface area contributed by atoms with E-state index in [0.29, 0.717) is 5.92 Å². The highest BCUT2D eigenvalue weighted by atomic mass is 16.2. The highest BCUT2D eigenvalue weighted by Crippen LogP contribution is 2.26. The molecule has 2 rings (SSSR count). The molecular formula is C19H28N4O. The van der Waals surface area contributed by atoms with Crippen molar-refractivity contribution in [1.82, 2.24) is 9.88 Å². The highest BCUT2D eigenvalue weighted by Gasteiger charge is 2.33. The first kappa shape index (κ1) is 18.3. The van der Waals surface area contributed by atoms with Gasteiger partial charge in [-0.2, -0.15) is 5.26 Å². The average Bonchev–Trinajstić information content (AvgIpc) is 2.60. The van der Waals surface area contributed by atoms with Crippen LogP contribution in [0.4, 0.5) is 5.82 Å². The predicted octanol–water partition coefficient (Wildman–Crippen LogP) is 2.87. The van der Waals surface area contributed by atoms with Gasteiger partial charge < -0.3 is 9.80 Å². The SMILES string of the molecule is CN(C)c1cc(CCC2CCN(C(=O)C(C)(C)C#N)CC2)ccn1. The van der Waals surface area contributed by atoms with Crippen LogP contribution < -0.4 is 4.90 Å². The number of aryl methyl sites for hydroxylation is 1. The number of nitrogens with zero attached hydrogens (tertiary/aromatic N) is 4. The number of aromatic nitrogens is 1. The molecule has 1 amide bonds. The van der Waals surface area contributed by atoms with Crippen molar-refractivity contribution < 1.29 is 4.79 Å². The topological polar surface area (TPSA) is 60.2 Å². The van der Waals surface area contributed by atoms with Gasteiger partial charge in [0.2, 0.25) is 5.91 Å². The summed E-state index contributed by atoms with van der Waals surface area (Å²) >= 11 is 0. The maximum Gasteiger partial charge on any atom is 0.242 e. The summed E-state index contributed by atoms with van der Waals surface area (Å²) in [5, 5.41) is 9.11. The molecule has 1 aliphatic rings. The number of anilines is 1. The molecule has 1 fully saturated rings. The van der Waals surface area contributed by atoms with E-state index in [9.17, 15) is 4.79 Å². The normalized spacial score (nSPS) is 15.9. The zero-order chi connectivity index (χ0) is 17.7. The average molecular weight is 328 g/mol. The van der Waals surface area contributed by atoms with Crippen LogP contribution in [-0.4, -0.2) is 43.0 Å². The molecule has 5 nitrogen and oxygen atoms in total. The lowest BCUT2D eigenvalue weighted by atomic mass is 9.88. The number of nitriles is 1. The first-order valence-electron chi connectivity index (χ1n) is 8.66. The van der Waals surface area contributed by atoms with Crippen LogP contribution in [0.5, 0.6) is 0 Å². The molecule has 0 unspecified atom stereocenters. The van der Waals surface area contributed by atoms with E-state index in [4.69, 9.17) is 5.26 Å². The van der Waals surface area contributed by atoms with Crippen LogP contribution in [-0.2, 0) is 11.2 Å². The van der Waals surface area contributed by atoms with Crippen LogP contribution in [0, 0.1) is 22.7 Å². The summed E-state index contributed by atoms with van der Waals surface area (Å²) in [4.78, 5) is 20.6. The highest BCUT2D eigenvalue weighted by molar-refractivity contribution is 5.84. The molecule has 1 aliphatic heterocycles. The van der Waals surface area contributed by atoms with Crippen LogP contribution in [0.3, 0.4) is 0 Å². The van der Waals surface area contributed by atoms with E-state index in [-0.39, 0.29) is 5.91 Å². The van der Waals surface area contributed by atoms with E-state index in [1.165, 1.54) is 5.56 Å². The quantitative estimate of drug-likeness (QED) is 0.834. The third-order valence-corrected chi connectivity index (χ3v) is 4.83. The number of likely N-dealkylation sites (tertiary alicyclic amines) is 1. The molecule has 1 aromatic rings. The molecule has 0 aliphatic carbocycles. The van der Waals surface area contributed by atoms with Crippen molar-refractivity contribution in [3.63, 3.8) is 0 Å². The summed E-state index contributed by atoms with van der Waals surface area (Å²) in [5.74, 6) is 1.61. The molecule has 0 saturated carbocycles. The molecule has 5 heteroatoms. The van der Waals surface area contributed by atoms with Crippen molar-refractivity contribution in [3.05, 3.63) is 23.9 Å². The smallest absolute Gasteiger partial charge is 0.242 e. The maximum absolute atomic E-state index is 12.3. The largest absolute Gasteiger partial charge is 0.363 e. The van der Waals surface area contributed by atoms with E-state index < -0.39 is 5.41 Å². The fraction of sp³-hybridized carbons (Fsp3) is 0.632. The number of carbonyl (C=O) groups is 1. The van der Waals surface area contributed by atoms with E-state index in [1.54, 1.807) is 13.8 Å². The molecular weight excluding hydrogens is 300 g/mol. The fourth-order valence-corrected chi connectivity index (χ4v) is 3.10. The number of hydrogen-bond donors (Lipinski definition) is 0. The third kappa shape index (κ3) is 4.47. The van der Waals surface area contributed by atoms with Gasteiger partial charge in [0.15, 0.2) is 0 Å². The van der Waals surface area contributed by atoms with Gasteiger partial charge in [-0.25, -0.2) is 4.98 Å². The fourth-order valence-electron chi connectivity index (χ4n) is 3.10. The Kier molecular flexibility index (Phi) is 5.82. The molecule has 24 heavy (non-hydrogen) atoms. The lowest BCUT2D eigenvalue weighted by Gasteiger charge is -2.34. The number of carbonyl (C=O) groups excluding carboxylic acids is 1. The van der Waals surface area contributed by atoms with Crippen molar-refractivity contribution in [1.29, 1.82) is 5.26 Å². The molecule has 0 N–H and O–H groups in total. The minimum atomic E-state index is -0.910. The third-order valence-electron chi connectivity index (χ3n) is 4.83. The maximum atomic E-state index is 12.3. The zero-order valence-electron chi connectivity index (χ0n) is 15.2. The Morgan fingerprint density at radius 1 is 1.42 bits per heavy atom. The summed E-state index contributed by atoms with van der Waals surface area (Å²) < 4.78 is 0. The molecule has 2 heterocycles. The van der Waals surface area contributed by atoms with E-state index in [1.807, 2.05) is 30.1 Å². The van der Waals surface area contributed by atoms with Crippen molar-refractivity contribution in [3.8, 4) is 6.07 Å². The van der Waals surface area contributed by atoms with Crippen molar-refractivity contribution >= 4 is 11.7 Å². The summed E-state index contributed by atoms with van der Waals surface area (Å²) in [6.45, 7) is 4.95. The standard InChI is InChI=1S/C19H28N4O/c1-19(2,14-20)18(24)23-11-8-15(9-12-23)5-6-16-7-10-21-17(13-16)22(3)4/h7,10,13,15H,5-6,8-9,11-12H2,1-4H3. The Morgan fingerprint density at radius 3 is 2.67 bits per heavy atom. The van der Waals surface area contributed by atoms with Gasteiger partial charge in [-0.3, -0.25) is 4.79 Å². The zero-order valence-corrected chi connectivity index (χ0v) is 15.2. The molecule has 130 valence electrons.